The molecule has 0 aliphatic rings. The van der Waals surface area contributed by atoms with Crippen LogP contribution in [0.3, 0.4) is 0 Å². The van der Waals surface area contributed by atoms with Gasteiger partial charge in [0.1, 0.15) is 6.61 Å². The van der Waals surface area contributed by atoms with E-state index in [2.05, 4.69) is 21.8 Å². The molecule has 0 amide bonds. The summed E-state index contributed by atoms with van der Waals surface area (Å²) in [7, 11) is 0. The quantitative estimate of drug-likeness (QED) is 0.626. The molecule has 23 heavy (non-hydrogen) atoms. The Morgan fingerprint density at radius 1 is 1.48 bits per heavy atom. The van der Waals surface area contributed by atoms with Crippen molar-refractivity contribution in [1.29, 1.82) is 0 Å². The third-order valence-electron chi connectivity index (χ3n) is 2.84. The molecule has 0 saturated carbocycles. The minimum absolute atomic E-state index is 0.127. The summed E-state index contributed by atoms with van der Waals surface area (Å²) in [5.41, 5.74) is 0.962. The van der Waals surface area contributed by atoms with Crippen molar-refractivity contribution in [2.45, 2.75) is 6.92 Å². The molecule has 0 atom stereocenters. The van der Waals surface area contributed by atoms with Gasteiger partial charge in [0.2, 0.25) is 5.88 Å². The maximum Gasteiger partial charge on any atom is 0.335 e. The van der Waals surface area contributed by atoms with Crippen LogP contribution in [0, 0.1) is 0 Å². The van der Waals surface area contributed by atoms with Gasteiger partial charge < -0.3 is 9.84 Å². The van der Waals surface area contributed by atoms with Crippen LogP contribution in [0.25, 0.3) is 5.82 Å². The van der Waals surface area contributed by atoms with Gasteiger partial charge in [0, 0.05) is 24.0 Å². The predicted octanol–water partition coefficient (Wildman–Crippen LogP) is 2.50. The van der Waals surface area contributed by atoms with E-state index in [0.717, 1.165) is 5.57 Å². The monoisotopic (exact) mass is 312 g/mol. The molecule has 0 radical (unpaired) electrons. The molecule has 1 N–H and O–H groups in total. The van der Waals surface area contributed by atoms with Gasteiger partial charge in [-0.25, -0.2) is 9.78 Å². The zero-order chi connectivity index (χ0) is 16.7. The molecule has 0 saturated heterocycles. The van der Waals surface area contributed by atoms with Crippen LogP contribution in [-0.2, 0) is 0 Å². The number of hydrogen-bond donors (Lipinski definition) is 1. The molecule has 0 aliphatic carbocycles. The number of nitrogens with zero attached hydrogens (tertiary/aromatic N) is 4. The molecule has 0 spiro atoms. The van der Waals surface area contributed by atoms with E-state index in [4.69, 9.17) is 9.84 Å². The number of aliphatic imine (C=N–C) groups is 1. The molecule has 7 nitrogen and oxygen atoms in total. The van der Waals surface area contributed by atoms with Gasteiger partial charge in [0.25, 0.3) is 0 Å². The van der Waals surface area contributed by atoms with Gasteiger partial charge in [-0.3, -0.25) is 4.99 Å². The summed E-state index contributed by atoms with van der Waals surface area (Å²) in [6.07, 6.45) is 8.30. The zero-order valence-corrected chi connectivity index (χ0v) is 12.6. The minimum atomic E-state index is -1.03. The molecule has 0 aliphatic heterocycles. The van der Waals surface area contributed by atoms with Crippen molar-refractivity contribution in [3.05, 3.63) is 60.1 Å². The van der Waals surface area contributed by atoms with Crippen molar-refractivity contribution < 1.29 is 14.6 Å². The molecule has 0 bridgehead atoms. The van der Waals surface area contributed by atoms with Crippen LogP contribution in [-0.4, -0.2) is 39.2 Å². The Morgan fingerprint density at radius 2 is 2.30 bits per heavy atom. The first-order chi connectivity index (χ1) is 11.2. The molecular weight excluding hydrogens is 296 g/mol. The normalized spacial score (nSPS) is 11.6. The second kappa shape index (κ2) is 7.69. The van der Waals surface area contributed by atoms with Gasteiger partial charge in [-0.2, -0.15) is 9.78 Å². The summed E-state index contributed by atoms with van der Waals surface area (Å²) in [4.78, 5) is 18.9. The maximum absolute atomic E-state index is 11.0. The molecule has 0 fully saturated rings. The van der Waals surface area contributed by atoms with E-state index >= 15 is 0 Å². The van der Waals surface area contributed by atoms with Crippen molar-refractivity contribution >= 4 is 12.7 Å². The fourth-order valence-electron chi connectivity index (χ4n) is 1.86. The Hall–Kier alpha value is -3.22. The number of allylic oxidation sites excluding steroid dienone is 1. The molecule has 118 valence electrons. The number of carboxylic acid groups (broad SMARTS) is 1. The highest BCUT2D eigenvalue weighted by Crippen LogP contribution is 2.17. The first-order valence-corrected chi connectivity index (χ1v) is 6.80. The molecule has 7 heteroatoms. The van der Waals surface area contributed by atoms with Crippen LogP contribution >= 0.6 is 0 Å². The van der Waals surface area contributed by atoms with Crippen molar-refractivity contribution in [3.8, 4) is 11.7 Å². The minimum Gasteiger partial charge on any atom is -0.478 e. The lowest BCUT2D eigenvalue weighted by atomic mass is 10.2. The Kier molecular flexibility index (Phi) is 5.40. The number of carbonyl (C=O) groups is 1. The number of aromatic nitrogens is 3. The predicted molar refractivity (Wildman–Crippen MR) is 86.3 cm³/mol. The summed E-state index contributed by atoms with van der Waals surface area (Å²) in [6, 6.07) is 4.51. The van der Waals surface area contributed by atoms with Crippen molar-refractivity contribution in [2.24, 2.45) is 4.99 Å². The van der Waals surface area contributed by atoms with E-state index in [1.807, 2.05) is 19.1 Å². The number of hydrogen-bond acceptors (Lipinski definition) is 5. The summed E-state index contributed by atoms with van der Waals surface area (Å²) < 4.78 is 7.14. The second-order valence-electron chi connectivity index (χ2n) is 4.46. The Morgan fingerprint density at radius 3 is 3.00 bits per heavy atom. The van der Waals surface area contributed by atoms with E-state index in [-0.39, 0.29) is 12.2 Å². The van der Waals surface area contributed by atoms with Crippen LogP contribution in [0.1, 0.15) is 17.3 Å². The summed E-state index contributed by atoms with van der Waals surface area (Å²) in [5, 5.41) is 13.2. The van der Waals surface area contributed by atoms with Crippen molar-refractivity contribution in [2.75, 3.05) is 6.61 Å². The lowest BCUT2D eigenvalue weighted by molar-refractivity contribution is 0.0696. The highest BCUT2D eigenvalue weighted by molar-refractivity contribution is 5.87. The van der Waals surface area contributed by atoms with Crippen molar-refractivity contribution in [1.82, 2.24) is 14.8 Å². The molecular formula is C16H16N4O3. The van der Waals surface area contributed by atoms with Crippen molar-refractivity contribution in [3.63, 3.8) is 0 Å². The average molecular weight is 312 g/mol. The average Bonchev–Trinajstić information content (AvgIpc) is 3.01. The number of pyridine rings is 1. The summed E-state index contributed by atoms with van der Waals surface area (Å²) in [5.74, 6) is -0.221. The van der Waals surface area contributed by atoms with Crippen LogP contribution in [0.4, 0.5) is 0 Å². The van der Waals surface area contributed by atoms with Gasteiger partial charge in [0.05, 0.1) is 11.8 Å². The fraction of sp³-hybridized carbons (Fsp3) is 0.125. The maximum atomic E-state index is 11.0. The van der Waals surface area contributed by atoms with E-state index in [1.54, 1.807) is 18.5 Å². The molecule has 2 heterocycles. The standard InChI is InChI=1S/C16H16N4O3/c1-3-4-12(10-17-2)11-23-15-6-8-19-20(15)14-9-13(16(21)22)5-7-18-14/h3-10H,2,11H2,1H3,(H,21,22). The van der Waals surface area contributed by atoms with E-state index < -0.39 is 5.97 Å². The van der Waals surface area contributed by atoms with Gasteiger partial charge in [-0.1, -0.05) is 12.2 Å². The Labute approximate surface area is 133 Å². The van der Waals surface area contributed by atoms with Crippen LogP contribution < -0.4 is 4.74 Å². The number of ether oxygens (including phenoxy) is 1. The number of rotatable bonds is 7. The molecule has 2 aromatic rings. The highest BCUT2D eigenvalue weighted by atomic mass is 16.5. The smallest absolute Gasteiger partial charge is 0.335 e. The number of aromatic carboxylic acids is 1. The lowest BCUT2D eigenvalue weighted by Crippen LogP contribution is -2.08. The van der Waals surface area contributed by atoms with Gasteiger partial charge in [-0.05, 0) is 25.8 Å². The largest absolute Gasteiger partial charge is 0.478 e. The van der Waals surface area contributed by atoms with Crippen LogP contribution in [0.2, 0.25) is 0 Å². The fourth-order valence-corrected chi connectivity index (χ4v) is 1.86. The zero-order valence-electron chi connectivity index (χ0n) is 12.6. The van der Waals surface area contributed by atoms with Crippen LogP contribution in [0.15, 0.2) is 59.5 Å². The Balaban J connectivity index is 2.23. The third-order valence-corrected chi connectivity index (χ3v) is 2.84. The van der Waals surface area contributed by atoms with Gasteiger partial charge in [-0.15, -0.1) is 0 Å². The highest BCUT2D eigenvalue weighted by Gasteiger charge is 2.10. The molecule has 2 rings (SSSR count). The van der Waals surface area contributed by atoms with E-state index in [1.165, 1.54) is 23.0 Å². The first-order valence-electron chi connectivity index (χ1n) is 6.80. The number of carboxylic acids is 1. The van der Waals surface area contributed by atoms with E-state index in [9.17, 15) is 4.79 Å². The van der Waals surface area contributed by atoms with Crippen LogP contribution in [0.5, 0.6) is 5.88 Å². The SMILES string of the molecule is C=NC=C(C=CC)COc1ccnn1-c1cc(C(=O)O)ccn1. The topological polar surface area (TPSA) is 89.6 Å². The summed E-state index contributed by atoms with van der Waals surface area (Å²) in [6.45, 7) is 5.58. The third kappa shape index (κ3) is 4.13. The Bertz CT molecular complexity index is 762. The van der Waals surface area contributed by atoms with Gasteiger partial charge in [0.15, 0.2) is 5.82 Å². The second-order valence-corrected chi connectivity index (χ2v) is 4.46. The van der Waals surface area contributed by atoms with E-state index in [0.29, 0.717) is 11.7 Å². The first kappa shape index (κ1) is 16.2. The molecule has 0 aromatic carbocycles. The molecule has 0 unspecified atom stereocenters. The lowest BCUT2D eigenvalue weighted by Gasteiger charge is -2.09. The summed E-state index contributed by atoms with van der Waals surface area (Å²) >= 11 is 0. The molecule has 2 aromatic heterocycles. The van der Waals surface area contributed by atoms with Gasteiger partial charge >= 0.3 is 5.97 Å².